The van der Waals surface area contributed by atoms with Crippen LogP contribution < -0.4 is 4.74 Å². The zero-order chi connectivity index (χ0) is 17.7. The number of thiophene rings is 1. The number of rotatable bonds is 2. The molecule has 3 aromatic rings. The van der Waals surface area contributed by atoms with Gasteiger partial charge in [-0.3, -0.25) is 0 Å². The van der Waals surface area contributed by atoms with Gasteiger partial charge in [0.25, 0.3) is 0 Å². The number of hydrogen-bond donors (Lipinski definition) is 0. The molecule has 3 nitrogen and oxygen atoms in total. The lowest BCUT2D eigenvalue weighted by atomic mass is 9.98. The minimum Gasteiger partial charge on any atom is -0.464 e. The Morgan fingerprint density at radius 2 is 1.92 bits per heavy atom. The van der Waals surface area contributed by atoms with Crippen molar-refractivity contribution in [2.75, 3.05) is 0 Å². The molecule has 5 rings (SSSR count). The molecule has 0 saturated carbocycles. The summed E-state index contributed by atoms with van der Waals surface area (Å²) in [6.45, 7) is 0. The van der Waals surface area contributed by atoms with E-state index in [1.54, 1.807) is 17.4 Å². The Morgan fingerprint density at radius 1 is 1.04 bits per heavy atom. The summed E-state index contributed by atoms with van der Waals surface area (Å²) in [4.78, 5) is 1.11. The molecule has 0 radical (unpaired) electrons. The van der Waals surface area contributed by atoms with E-state index in [0.29, 0.717) is 5.56 Å². The van der Waals surface area contributed by atoms with E-state index in [9.17, 15) is 8.78 Å². The summed E-state index contributed by atoms with van der Waals surface area (Å²) in [6, 6.07) is 15.7. The summed E-state index contributed by atoms with van der Waals surface area (Å²) in [5.74, 6) is -1.00. The van der Waals surface area contributed by atoms with Crippen LogP contribution in [0.15, 0.2) is 65.1 Å². The molecule has 0 fully saturated rings. The molecule has 1 aromatic heterocycles. The zero-order valence-corrected chi connectivity index (χ0v) is 14.4. The van der Waals surface area contributed by atoms with Gasteiger partial charge in [-0.2, -0.15) is 5.10 Å². The number of nitrogens with zero attached hydrogens (tertiary/aromatic N) is 2. The maximum Gasteiger partial charge on any atom is 0.213 e. The standard InChI is InChI=1S/C20H14F2N2OS/c21-14-8-7-12(10-15(14)22)20-24-17(13-4-1-2-5-18(13)25-20)11-16(23-24)19-6-3-9-26-19/h1-10,17,20H,11H2. The largest absolute Gasteiger partial charge is 0.464 e. The number of halogens is 2. The predicted octanol–water partition coefficient (Wildman–Crippen LogP) is 5.27. The van der Waals surface area contributed by atoms with Gasteiger partial charge in [-0.05, 0) is 29.6 Å². The van der Waals surface area contributed by atoms with E-state index in [1.807, 2.05) is 46.8 Å². The third kappa shape index (κ3) is 2.41. The van der Waals surface area contributed by atoms with Crippen LogP contribution in [0.4, 0.5) is 8.78 Å². The third-order valence-corrected chi connectivity index (χ3v) is 5.65. The second-order valence-corrected chi connectivity index (χ2v) is 7.25. The van der Waals surface area contributed by atoms with Crippen LogP contribution in [0.3, 0.4) is 0 Å². The van der Waals surface area contributed by atoms with Crippen LogP contribution in [0.5, 0.6) is 5.75 Å². The van der Waals surface area contributed by atoms with E-state index < -0.39 is 17.9 Å². The van der Waals surface area contributed by atoms with Gasteiger partial charge in [-0.1, -0.05) is 30.3 Å². The summed E-state index contributed by atoms with van der Waals surface area (Å²) >= 11 is 1.64. The molecule has 0 bridgehead atoms. The van der Waals surface area contributed by atoms with Crippen molar-refractivity contribution in [1.29, 1.82) is 0 Å². The molecule has 0 spiro atoms. The highest BCUT2D eigenvalue weighted by atomic mass is 32.1. The zero-order valence-electron chi connectivity index (χ0n) is 13.6. The molecule has 0 N–H and O–H groups in total. The smallest absolute Gasteiger partial charge is 0.213 e. The lowest BCUT2D eigenvalue weighted by Gasteiger charge is -2.38. The highest BCUT2D eigenvalue weighted by Crippen LogP contribution is 2.47. The summed E-state index contributed by atoms with van der Waals surface area (Å²) < 4.78 is 33.3. The van der Waals surface area contributed by atoms with Gasteiger partial charge in [-0.25, -0.2) is 13.8 Å². The van der Waals surface area contributed by atoms with Crippen molar-refractivity contribution in [3.8, 4) is 5.75 Å². The van der Waals surface area contributed by atoms with E-state index in [-0.39, 0.29) is 6.04 Å². The van der Waals surface area contributed by atoms with E-state index in [4.69, 9.17) is 9.84 Å². The maximum absolute atomic E-state index is 13.8. The normalized spacial score (nSPS) is 21.0. The van der Waals surface area contributed by atoms with Gasteiger partial charge in [0.15, 0.2) is 11.6 Å². The van der Waals surface area contributed by atoms with Crippen LogP contribution in [-0.2, 0) is 0 Å². The highest BCUT2D eigenvalue weighted by Gasteiger charge is 2.41. The van der Waals surface area contributed by atoms with Crippen molar-refractivity contribution in [3.05, 3.63) is 87.6 Å². The highest BCUT2D eigenvalue weighted by molar-refractivity contribution is 7.12. The van der Waals surface area contributed by atoms with Gasteiger partial charge >= 0.3 is 0 Å². The second-order valence-electron chi connectivity index (χ2n) is 6.31. The molecule has 2 aliphatic rings. The summed E-state index contributed by atoms with van der Waals surface area (Å²) in [5, 5.41) is 8.67. The number of benzene rings is 2. The first-order chi connectivity index (χ1) is 12.7. The molecule has 0 amide bonds. The maximum atomic E-state index is 13.8. The van der Waals surface area contributed by atoms with Gasteiger partial charge in [0, 0.05) is 17.5 Å². The molecule has 0 aliphatic carbocycles. The van der Waals surface area contributed by atoms with E-state index in [1.165, 1.54) is 6.07 Å². The van der Waals surface area contributed by atoms with Crippen LogP contribution in [0.25, 0.3) is 0 Å². The first-order valence-electron chi connectivity index (χ1n) is 8.31. The summed E-state index contributed by atoms with van der Waals surface area (Å²) in [7, 11) is 0. The van der Waals surface area contributed by atoms with E-state index >= 15 is 0 Å². The van der Waals surface area contributed by atoms with E-state index in [2.05, 4.69) is 0 Å². The molecular weight excluding hydrogens is 354 g/mol. The Labute approximate surface area is 153 Å². The monoisotopic (exact) mass is 368 g/mol. The van der Waals surface area contributed by atoms with Crippen LogP contribution in [0, 0.1) is 11.6 Å². The summed E-state index contributed by atoms with van der Waals surface area (Å²) in [5.41, 5.74) is 2.58. The van der Waals surface area contributed by atoms with Crippen LogP contribution >= 0.6 is 11.3 Å². The Hall–Kier alpha value is -2.73. The fourth-order valence-corrected chi connectivity index (χ4v) is 4.23. The lowest BCUT2D eigenvalue weighted by Crippen LogP contribution is -2.33. The minimum atomic E-state index is -0.886. The molecular formula is C20H14F2N2OS. The third-order valence-electron chi connectivity index (χ3n) is 4.73. The fourth-order valence-electron chi connectivity index (χ4n) is 3.51. The first kappa shape index (κ1) is 15.5. The Bertz CT molecular complexity index is 1000. The number of fused-ring (bicyclic) bond motifs is 3. The summed E-state index contributed by atoms with van der Waals surface area (Å²) in [6.07, 6.45) is 0.156. The fraction of sp³-hybridized carbons (Fsp3) is 0.150. The number of ether oxygens (including phenoxy) is 1. The molecule has 2 aromatic carbocycles. The molecule has 26 heavy (non-hydrogen) atoms. The minimum absolute atomic E-state index is 0.00941. The topological polar surface area (TPSA) is 24.8 Å². The molecule has 0 saturated heterocycles. The Kier molecular flexibility index (Phi) is 3.53. The van der Waals surface area contributed by atoms with Crippen molar-refractivity contribution in [2.45, 2.75) is 18.7 Å². The number of hydrogen-bond acceptors (Lipinski definition) is 4. The second kappa shape index (κ2) is 5.92. The predicted molar refractivity (Wildman–Crippen MR) is 96.2 cm³/mol. The molecule has 2 atom stereocenters. The van der Waals surface area contributed by atoms with Crippen molar-refractivity contribution in [2.24, 2.45) is 5.10 Å². The first-order valence-corrected chi connectivity index (χ1v) is 9.19. The Balaban J connectivity index is 1.61. The quantitative estimate of drug-likeness (QED) is 0.616. The lowest BCUT2D eigenvalue weighted by molar-refractivity contribution is -0.0192. The molecule has 2 unspecified atom stereocenters. The Morgan fingerprint density at radius 3 is 2.73 bits per heavy atom. The van der Waals surface area contributed by atoms with Gasteiger partial charge in [0.2, 0.25) is 6.23 Å². The molecule has 130 valence electrons. The van der Waals surface area contributed by atoms with Gasteiger partial charge in [0.05, 0.1) is 16.6 Å². The van der Waals surface area contributed by atoms with Crippen molar-refractivity contribution in [3.63, 3.8) is 0 Å². The molecule has 3 heterocycles. The van der Waals surface area contributed by atoms with Gasteiger partial charge < -0.3 is 4.74 Å². The van der Waals surface area contributed by atoms with Crippen molar-refractivity contribution >= 4 is 17.0 Å². The average Bonchev–Trinajstić information content (AvgIpc) is 3.33. The van der Waals surface area contributed by atoms with Gasteiger partial charge in [0.1, 0.15) is 5.75 Å². The number of hydrazone groups is 1. The van der Waals surface area contributed by atoms with Crippen LogP contribution in [0.1, 0.15) is 34.7 Å². The SMILES string of the molecule is Fc1ccc(C2Oc3ccccc3C3CC(c4cccs4)=NN32)cc1F. The van der Waals surface area contributed by atoms with Crippen molar-refractivity contribution < 1.29 is 13.5 Å². The molecule has 6 heteroatoms. The van der Waals surface area contributed by atoms with Gasteiger partial charge in [-0.15, -0.1) is 11.3 Å². The van der Waals surface area contributed by atoms with Crippen molar-refractivity contribution in [1.82, 2.24) is 5.01 Å². The van der Waals surface area contributed by atoms with Crippen LogP contribution in [-0.4, -0.2) is 10.7 Å². The molecule has 2 aliphatic heterocycles. The van der Waals surface area contributed by atoms with Crippen LogP contribution in [0.2, 0.25) is 0 Å². The average molecular weight is 368 g/mol. The number of para-hydroxylation sites is 1. The van der Waals surface area contributed by atoms with E-state index in [0.717, 1.165) is 34.4 Å².